The average Bonchev–Trinajstić information content (AvgIpc) is 3.24. The molecule has 1 aliphatic heterocycles. The van der Waals surface area contributed by atoms with Gasteiger partial charge in [0.15, 0.2) is 4.80 Å². The third-order valence-electron chi connectivity index (χ3n) is 6.43. The lowest BCUT2D eigenvalue weighted by Gasteiger charge is -2.34. The van der Waals surface area contributed by atoms with Crippen LogP contribution in [0.1, 0.15) is 49.9 Å². The van der Waals surface area contributed by atoms with Crippen LogP contribution in [0.15, 0.2) is 52.4 Å². The molecule has 1 amide bonds. The van der Waals surface area contributed by atoms with Gasteiger partial charge in [0.2, 0.25) is 10.0 Å². The van der Waals surface area contributed by atoms with Crippen molar-refractivity contribution in [1.29, 1.82) is 0 Å². The average molecular weight is 546 g/mol. The van der Waals surface area contributed by atoms with Gasteiger partial charge in [-0.3, -0.25) is 9.59 Å². The highest BCUT2D eigenvalue weighted by Gasteiger charge is 2.32. The zero-order chi connectivity index (χ0) is 26.6. The molecule has 0 radical (unpaired) electrons. The summed E-state index contributed by atoms with van der Waals surface area (Å²) in [7, 11) is -2.35. The minimum Gasteiger partial charge on any atom is -0.494 e. The molecule has 4 rings (SSSR count). The Morgan fingerprint density at radius 3 is 2.54 bits per heavy atom. The number of hydrogen-bond donors (Lipinski definition) is 0. The maximum Gasteiger partial charge on any atom is 0.325 e. The molecule has 0 spiro atoms. The summed E-state index contributed by atoms with van der Waals surface area (Å²) in [4.78, 5) is 29.9. The second-order valence-corrected chi connectivity index (χ2v) is 11.6. The molecular weight excluding hydrogens is 514 g/mol. The molecule has 0 N–H and O–H groups in total. The molecule has 37 heavy (non-hydrogen) atoms. The fourth-order valence-electron chi connectivity index (χ4n) is 4.50. The number of carbonyl (C=O) groups excluding carboxylic acids is 2. The first-order valence-electron chi connectivity index (χ1n) is 12.3. The Morgan fingerprint density at radius 2 is 1.86 bits per heavy atom. The molecule has 1 fully saturated rings. The van der Waals surface area contributed by atoms with Crippen molar-refractivity contribution in [1.82, 2.24) is 8.87 Å². The van der Waals surface area contributed by atoms with Crippen molar-refractivity contribution in [2.24, 2.45) is 4.99 Å². The summed E-state index contributed by atoms with van der Waals surface area (Å²) in [6.07, 6.45) is 3.50. The van der Waals surface area contributed by atoms with Crippen LogP contribution in [0.2, 0.25) is 0 Å². The van der Waals surface area contributed by atoms with E-state index in [1.807, 2.05) is 26.0 Å². The summed E-state index contributed by atoms with van der Waals surface area (Å²) >= 11 is 1.25. The highest BCUT2D eigenvalue weighted by molar-refractivity contribution is 7.89. The van der Waals surface area contributed by atoms with Crippen LogP contribution in [-0.4, -0.2) is 55.5 Å². The van der Waals surface area contributed by atoms with Gasteiger partial charge in [0.25, 0.3) is 5.91 Å². The Labute approximate surface area is 220 Å². The molecule has 1 aliphatic rings. The van der Waals surface area contributed by atoms with Gasteiger partial charge in [-0.1, -0.05) is 24.7 Å². The number of sulfonamides is 1. The molecule has 9 nitrogen and oxygen atoms in total. The lowest BCUT2D eigenvalue weighted by atomic mass is 10.0. The van der Waals surface area contributed by atoms with Gasteiger partial charge in [-0.15, -0.1) is 0 Å². The number of amides is 1. The van der Waals surface area contributed by atoms with Gasteiger partial charge in [0.1, 0.15) is 12.3 Å². The fourth-order valence-corrected chi connectivity index (χ4v) is 7.32. The standard InChI is InChI=1S/C26H31N3O6S2/c1-4-19-8-6-7-15-29(19)37(32,33)21-12-9-18(10-13-21)25(31)27-26-28(17-24(30)34-3)22-14-11-20(35-5-2)16-23(22)36-26/h9-14,16,19H,4-8,15,17H2,1-3H3. The van der Waals surface area contributed by atoms with E-state index in [9.17, 15) is 18.0 Å². The van der Waals surface area contributed by atoms with Crippen LogP contribution in [0.25, 0.3) is 10.2 Å². The minimum absolute atomic E-state index is 0.00322. The number of thiazole rings is 1. The normalized spacial score (nSPS) is 17.2. The SMILES string of the molecule is CCOc1ccc2c(c1)sc(=NC(=O)c1ccc(S(=O)(=O)N3CCCCC3CC)cc1)n2CC(=O)OC. The van der Waals surface area contributed by atoms with E-state index in [1.54, 1.807) is 14.9 Å². The highest BCUT2D eigenvalue weighted by atomic mass is 32.2. The molecular formula is C26H31N3O6S2. The predicted molar refractivity (Wildman–Crippen MR) is 141 cm³/mol. The molecule has 1 saturated heterocycles. The smallest absolute Gasteiger partial charge is 0.325 e. The van der Waals surface area contributed by atoms with Crippen molar-refractivity contribution in [3.8, 4) is 5.75 Å². The van der Waals surface area contributed by atoms with Crippen LogP contribution in [0.5, 0.6) is 5.75 Å². The van der Waals surface area contributed by atoms with Crippen molar-refractivity contribution in [2.75, 3.05) is 20.3 Å². The summed E-state index contributed by atoms with van der Waals surface area (Å²) in [6.45, 7) is 4.80. The molecule has 1 unspecified atom stereocenters. The minimum atomic E-state index is -3.65. The fraction of sp³-hybridized carbons (Fsp3) is 0.423. The number of carbonyl (C=O) groups is 2. The quantitative estimate of drug-likeness (QED) is 0.397. The molecule has 3 aromatic rings. The predicted octanol–water partition coefficient (Wildman–Crippen LogP) is 3.97. The maximum absolute atomic E-state index is 13.2. The highest BCUT2D eigenvalue weighted by Crippen LogP contribution is 2.27. The summed E-state index contributed by atoms with van der Waals surface area (Å²) in [6, 6.07) is 11.3. The number of fused-ring (bicyclic) bond motifs is 1. The molecule has 1 aromatic heterocycles. The van der Waals surface area contributed by atoms with E-state index in [1.165, 1.54) is 42.7 Å². The first-order valence-corrected chi connectivity index (χ1v) is 14.6. The van der Waals surface area contributed by atoms with Gasteiger partial charge in [-0.2, -0.15) is 9.30 Å². The number of hydrogen-bond acceptors (Lipinski definition) is 7. The van der Waals surface area contributed by atoms with E-state index in [0.717, 1.165) is 35.9 Å². The Hall–Kier alpha value is -3.02. The van der Waals surface area contributed by atoms with E-state index in [0.29, 0.717) is 23.7 Å². The van der Waals surface area contributed by atoms with Crippen molar-refractivity contribution in [2.45, 2.75) is 57.0 Å². The molecule has 0 aliphatic carbocycles. The second-order valence-electron chi connectivity index (χ2n) is 8.72. The van der Waals surface area contributed by atoms with Crippen LogP contribution in [0.3, 0.4) is 0 Å². The topological polar surface area (TPSA) is 107 Å². The van der Waals surface area contributed by atoms with Gasteiger partial charge >= 0.3 is 5.97 Å². The molecule has 11 heteroatoms. The first kappa shape index (κ1) is 27.0. The number of nitrogens with zero attached hydrogens (tertiary/aromatic N) is 3. The maximum atomic E-state index is 13.2. The van der Waals surface area contributed by atoms with E-state index >= 15 is 0 Å². The number of ether oxygens (including phenoxy) is 2. The molecule has 0 bridgehead atoms. The zero-order valence-corrected chi connectivity index (χ0v) is 22.8. The van der Waals surface area contributed by atoms with Crippen LogP contribution in [-0.2, 0) is 26.1 Å². The number of methoxy groups -OCH3 is 1. The summed E-state index contributed by atoms with van der Waals surface area (Å²) in [5.74, 6) is -0.334. The summed E-state index contributed by atoms with van der Waals surface area (Å²) in [5.41, 5.74) is 0.973. The van der Waals surface area contributed by atoms with Crippen molar-refractivity contribution < 1.29 is 27.5 Å². The Kier molecular flexibility index (Phi) is 8.46. The van der Waals surface area contributed by atoms with Crippen molar-refractivity contribution >= 4 is 43.5 Å². The van der Waals surface area contributed by atoms with E-state index in [4.69, 9.17) is 9.47 Å². The Morgan fingerprint density at radius 1 is 1.11 bits per heavy atom. The van der Waals surface area contributed by atoms with Crippen molar-refractivity contribution in [3.63, 3.8) is 0 Å². The van der Waals surface area contributed by atoms with Crippen LogP contribution in [0, 0.1) is 0 Å². The molecule has 1 atom stereocenters. The van der Waals surface area contributed by atoms with Gasteiger partial charge in [0.05, 0.1) is 28.8 Å². The number of aromatic nitrogens is 1. The van der Waals surface area contributed by atoms with Gasteiger partial charge in [-0.05, 0) is 68.7 Å². The number of rotatable bonds is 8. The van der Waals surface area contributed by atoms with E-state index in [-0.39, 0.29) is 23.0 Å². The third-order valence-corrected chi connectivity index (χ3v) is 9.44. The lowest BCUT2D eigenvalue weighted by Crippen LogP contribution is -2.43. The lowest BCUT2D eigenvalue weighted by molar-refractivity contribution is -0.141. The van der Waals surface area contributed by atoms with Gasteiger partial charge < -0.3 is 14.0 Å². The summed E-state index contributed by atoms with van der Waals surface area (Å²) < 4.78 is 40.9. The van der Waals surface area contributed by atoms with Crippen LogP contribution in [0.4, 0.5) is 0 Å². The summed E-state index contributed by atoms with van der Waals surface area (Å²) in [5, 5.41) is 0. The molecule has 198 valence electrons. The number of piperidine rings is 1. The number of benzene rings is 2. The Balaban J connectivity index is 1.66. The molecule has 2 heterocycles. The van der Waals surface area contributed by atoms with Gasteiger partial charge in [0, 0.05) is 18.2 Å². The third kappa shape index (κ3) is 5.78. The number of esters is 1. The van der Waals surface area contributed by atoms with E-state index < -0.39 is 21.9 Å². The monoisotopic (exact) mass is 545 g/mol. The molecule has 2 aromatic carbocycles. The second kappa shape index (κ2) is 11.6. The first-order chi connectivity index (χ1) is 17.8. The van der Waals surface area contributed by atoms with Crippen molar-refractivity contribution in [3.05, 3.63) is 52.8 Å². The van der Waals surface area contributed by atoms with Gasteiger partial charge in [-0.25, -0.2) is 8.42 Å². The molecule has 0 saturated carbocycles. The van der Waals surface area contributed by atoms with Crippen LogP contribution < -0.4 is 9.54 Å². The van der Waals surface area contributed by atoms with E-state index in [2.05, 4.69) is 4.99 Å². The zero-order valence-electron chi connectivity index (χ0n) is 21.2. The van der Waals surface area contributed by atoms with Crippen LogP contribution >= 0.6 is 11.3 Å². The largest absolute Gasteiger partial charge is 0.494 e. The Bertz CT molecular complexity index is 1460.